The largest absolute Gasteiger partial charge is 0.386 e. The Morgan fingerprint density at radius 3 is 2.60 bits per heavy atom. The molecule has 1 atom stereocenters. The highest BCUT2D eigenvalue weighted by atomic mass is 32.1. The molecule has 1 unspecified atom stereocenters. The van der Waals surface area contributed by atoms with Gasteiger partial charge in [-0.05, 0) is 12.5 Å². The van der Waals surface area contributed by atoms with Crippen LogP contribution in [0, 0.1) is 0 Å². The van der Waals surface area contributed by atoms with E-state index in [-0.39, 0.29) is 5.41 Å². The first-order chi connectivity index (χ1) is 9.31. The molecule has 0 saturated carbocycles. The molecule has 110 valence electrons. The summed E-state index contributed by atoms with van der Waals surface area (Å²) in [5.41, 5.74) is 3.01. The zero-order valence-corrected chi connectivity index (χ0v) is 13.7. The number of aromatic nitrogens is 3. The standard InChI is InChI=1S/C15H23N3OS/c1-6-10-7-11(18(5)17-10)12(19)8-14-16-13(9-20-14)15(2,3)4/h7,9,12,19H,6,8H2,1-5H3. The number of rotatable bonds is 4. The fourth-order valence-electron chi connectivity index (χ4n) is 2.05. The fraction of sp³-hybridized carbons (Fsp3) is 0.600. The average molecular weight is 293 g/mol. The van der Waals surface area contributed by atoms with Crippen molar-refractivity contribution in [2.75, 3.05) is 0 Å². The van der Waals surface area contributed by atoms with Gasteiger partial charge >= 0.3 is 0 Å². The Morgan fingerprint density at radius 1 is 1.40 bits per heavy atom. The molecule has 5 heteroatoms. The molecule has 0 fully saturated rings. The van der Waals surface area contributed by atoms with Crippen molar-refractivity contribution >= 4 is 11.3 Å². The topological polar surface area (TPSA) is 50.9 Å². The lowest BCUT2D eigenvalue weighted by molar-refractivity contribution is 0.168. The molecule has 0 bridgehead atoms. The molecule has 0 spiro atoms. The van der Waals surface area contributed by atoms with Gasteiger partial charge in [-0.15, -0.1) is 11.3 Å². The van der Waals surface area contributed by atoms with E-state index in [4.69, 9.17) is 0 Å². The summed E-state index contributed by atoms with van der Waals surface area (Å²) in [4.78, 5) is 4.63. The predicted molar refractivity (Wildman–Crippen MR) is 82.1 cm³/mol. The number of aryl methyl sites for hydroxylation is 2. The molecule has 2 aromatic rings. The van der Waals surface area contributed by atoms with Gasteiger partial charge < -0.3 is 5.11 Å². The van der Waals surface area contributed by atoms with Gasteiger partial charge in [-0.1, -0.05) is 27.7 Å². The van der Waals surface area contributed by atoms with Crippen LogP contribution in [0.2, 0.25) is 0 Å². The minimum atomic E-state index is -0.549. The molecule has 0 aromatic carbocycles. The van der Waals surface area contributed by atoms with Crippen molar-refractivity contribution in [1.82, 2.24) is 14.8 Å². The Labute approximate surface area is 124 Å². The van der Waals surface area contributed by atoms with E-state index < -0.39 is 6.10 Å². The molecular weight excluding hydrogens is 270 g/mol. The van der Waals surface area contributed by atoms with Gasteiger partial charge in [0, 0.05) is 24.3 Å². The summed E-state index contributed by atoms with van der Waals surface area (Å²) in [7, 11) is 1.88. The molecule has 20 heavy (non-hydrogen) atoms. The monoisotopic (exact) mass is 293 g/mol. The Kier molecular flexibility index (Phi) is 4.30. The first kappa shape index (κ1) is 15.2. The second kappa shape index (κ2) is 5.66. The molecule has 2 rings (SSSR count). The van der Waals surface area contributed by atoms with Gasteiger partial charge in [0.1, 0.15) is 6.10 Å². The molecule has 0 aliphatic carbocycles. The van der Waals surface area contributed by atoms with Gasteiger partial charge in [-0.2, -0.15) is 5.10 Å². The molecule has 4 nitrogen and oxygen atoms in total. The van der Waals surface area contributed by atoms with Crippen LogP contribution in [-0.2, 0) is 25.3 Å². The SMILES string of the molecule is CCc1cc(C(O)Cc2nc(C(C)(C)C)cs2)n(C)n1. The quantitative estimate of drug-likeness (QED) is 0.942. The summed E-state index contributed by atoms with van der Waals surface area (Å²) in [5.74, 6) is 0. The van der Waals surface area contributed by atoms with Crippen LogP contribution in [0.5, 0.6) is 0 Å². The van der Waals surface area contributed by atoms with E-state index in [9.17, 15) is 5.11 Å². The average Bonchev–Trinajstić information content (AvgIpc) is 2.94. The number of aliphatic hydroxyl groups is 1. The zero-order valence-electron chi connectivity index (χ0n) is 12.8. The van der Waals surface area contributed by atoms with Crippen molar-refractivity contribution in [3.63, 3.8) is 0 Å². The van der Waals surface area contributed by atoms with Crippen LogP contribution in [0.4, 0.5) is 0 Å². The third-order valence-corrected chi connectivity index (χ3v) is 4.23. The highest BCUT2D eigenvalue weighted by Crippen LogP contribution is 2.26. The summed E-state index contributed by atoms with van der Waals surface area (Å²) < 4.78 is 1.77. The minimum absolute atomic E-state index is 0.0572. The van der Waals surface area contributed by atoms with Gasteiger partial charge in [0.2, 0.25) is 0 Å². The van der Waals surface area contributed by atoms with Crippen molar-refractivity contribution in [3.8, 4) is 0 Å². The molecule has 0 amide bonds. The zero-order chi connectivity index (χ0) is 14.9. The maximum atomic E-state index is 10.4. The third kappa shape index (κ3) is 3.27. The van der Waals surface area contributed by atoms with E-state index in [1.165, 1.54) is 0 Å². The van der Waals surface area contributed by atoms with Crippen molar-refractivity contribution < 1.29 is 5.11 Å². The van der Waals surface area contributed by atoms with Crippen LogP contribution in [0.15, 0.2) is 11.4 Å². The van der Waals surface area contributed by atoms with E-state index in [1.54, 1.807) is 16.0 Å². The number of thiazole rings is 1. The normalized spacial score (nSPS) is 13.7. The van der Waals surface area contributed by atoms with E-state index in [0.29, 0.717) is 6.42 Å². The fourth-order valence-corrected chi connectivity index (χ4v) is 3.11. The lowest BCUT2D eigenvalue weighted by Crippen LogP contribution is -2.12. The van der Waals surface area contributed by atoms with Crippen LogP contribution >= 0.6 is 11.3 Å². The summed E-state index contributed by atoms with van der Waals surface area (Å²) in [6.45, 7) is 8.51. The Balaban J connectivity index is 2.13. The molecule has 2 aromatic heterocycles. The van der Waals surface area contributed by atoms with Crippen LogP contribution in [0.3, 0.4) is 0 Å². The highest BCUT2D eigenvalue weighted by Gasteiger charge is 2.20. The maximum Gasteiger partial charge on any atom is 0.102 e. The lowest BCUT2D eigenvalue weighted by atomic mass is 9.93. The third-order valence-electron chi connectivity index (χ3n) is 3.36. The molecule has 2 heterocycles. The number of hydrogen-bond acceptors (Lipinski definition) is 4. The van der Waals surface area contributed by atoms with Gasteiger partial charge in [0.05, 0.1) is 22.1 Å². The van der Waals surface area contributed by atoms with Crippen molar-refractivity contribution in [3.05, 3.63) is 33.5 Å². The summed E-state index contributed by atoms with van der Waals surface area (Å²) >= 11 is 1.62. The van der Waals surface area contributed by atoms with Crippen LogP contribution < -0.4 is 0 Å². The summed E-state index contributed by atoms with van der Waals surface area (Å²) in [5, 5.41) is 17.8. The van der Waals surface area contributed by atoms with Crippen molar-refractivity contribution in [2.45, 2.75) is 52.1 Å². The first-order valence-corrected chi connectivity index (χ1v) is 7.85. The molecule has 0 aliphatic rings. The number of hydrogen-bond donors (Lipinski definition) is 1. The molecular formula is C15H23N3OS. The van der Waals surface area contributed by atoms with E-state index in [1.807, 2.05) is 13.1 Å². The van der Waals surface area contributed by atoms with Gasteiger partial charge in [0.15, 0.2) is 0 Å². The minimum Gasteiger partial charge on any atom is -0.386 e. The number of aliphatic hydroxyl groups excluding tert-OH is 1. The smallest absolute Gasteiger partial charge is 0.102 e. The lowest BCUT2D eigenvalue weighted by Gasteiger charge is -2.14. The Bertz CT molecular complexity index is 580. The van der Waals surface area contributed by atoms with E-state index >= 15 is 0 Å². The number of nitrogens with zero attached hydrogens (tertiary/aromatic N) is 3. The summed E-state index contributed by atoms with van der Waals surface area (Å²) in [6.07, 6.45) is 0.877. The van der Waals surface area contributed by atoms with Crippen LogP contribution in [0.1, 0.15) is 55.9 Å². The van der Waals surface area contributed by atoms with E-state index in [2.05, 4.69) is 43.2 Å². The van der Waals surface area contributed by atoms with Crippen molar-refractivity contribution in [2.24, 2.45) is 7.05 Å². The predicted octanol–water partition coefficient (Wildman–Crippen LogP) is 3.01. The van der Waals surface area contributed by atoms with Crippen LogP contribution in [0.25, 0.3) is 0 Å². The molecule has 1 N–H and O–H groups in total. The second-order valence-corrected chi connectivity index (χ2v) is 7.08. The maximum absolute atomic E-state index is 10.4. The summed E-state index contributed by atoms with van der Waals surface area (Å²) in [6, 6.07) is 1.98. The Morgan fingerprint density at radius 2 is 2.10 bits per heavy atom. The van der Waals surface area contributed by atoms with Gasteiger partial charge in [-0.25, -0.2) is 4.98 Å². The second-order valence-electron chi connectivity index (χ2n) is 6.13. The molecule has 0 radical (unpaired) electrons. The van der Waals surface area contributed by atoms with Gasteiger partial charge in [0.25, 0.3) is 0 Å². The van der Waals surface area contributed by atoms with Crippen molar-refractivity contribution in [1.29, 1.82) is 0 Å². The molecule has 0 saturated heterocycles. The Hall–Kier alpha value is -1.20. The van der Waals surface area contributed by atoms with Crippen LogP contribution in [-0.4, -0.2) is 19.9 Å². The van der Waals surface area contributed by atoms with E-state index in [0.717, 1.165) is 28.5 Å². The molecule has 0 aliphatic heterocycles. The highest BCUT2D eigenvalue weighted by molar-refractivity contribution is 7.09. The van der Waals surface area contributed by atoms with Gasteiger partial charge in [-0.3, -0.25) is 4.68 Å². The first-order valence-electron chi connectivity index (χ1n) is 6.97.